The Morgan fingerprint density at radius 1 is 1.05 bits per heavy atom. The first-order chi connectivity index (χ1) is 9.57. The van der Waals surface area contributed by atoms with Crippen molar-refractivity contribution in [1.29, 1.82) is 0 Å². The van der Waals surface area contributed by atoms with Gasteiger partial charge in [0.2, 0.25) is 0 Å². The summed E-state index contributed by atoms with van der Waals surface area (Å²) in [7, 11) is 0. The second-order valence-electron chi connectivity index (χ2n) is 4.61. The lowest BCUT2D eigenvalue weighted by atomic mass is 10.2. The monoisotopic (exact) mass is 288 g/mol. The Balaban J connectivity index is 3.17. The summed E-state index contributed by atoms with van der Waals surface area (Å²) in [5, 5.41) is 0. The molecule has 0 aromatic carbocycles. The Morgan fingerprint density at radius 3 is 2.15 bits per heavy atom. The van der Waals surface area contributed by atoms with E-state index >= 15 is 0 Å². The molecule has 0 saturated carbocycles. The van der Waals surface area contributed by atoms with Gasteiger partial charge in [0.1, 0.15) is 6.61 Å². The van der Waals surface area contributed by atoms with Crippen molar-refractivity contribution in [1.82, 2.24) is 0 Å². The zero-order valence-corrected chi connectivity index (χ0v) is 13.0. The minimum atomic E-state index is -0.386. The lowest BCUT2D eigenvalue weighted by molar-refractivity contribution is -0.140. The number of hydrogen-bond acceptors (Lipinski definition) is 5. The van der Waals surface area contributed by atoms with Crippen molar-refractivity contribution in [2.45, 2.75) is 39.7 Å². The highest BCUT2D eigenvalue weighted by molar-refractivity contribution is 5.86. The van der Waals surface area contributed by atoms with Crippen LogP contribution < -0.4 is 0 Å². The average molecular weight is 288 g/mol. The van der Waals surface area contributed by atoms with E-state index in [2.05, 4.69) is 20.4 Å². The van der Waals surface area contributed by atoms with Crippen molar-refractivity contribution in [2.75, 3.05) is 39.6 Å². The molecule has 0 bridgehead atoms. The molecule has 118 valence electrons. The van der Waals surface area contributed by atoms with Crippen LogP contribution in [0.1, 0.15) is 33.6 Å². The molecule has 20 heavy (non-hydrogen) atoms. The maximum absolute atomic E-state index is 11.0. The largest absolute Gasteiger partial charge is 0.460 e. The molecule has 0 aliphatic carbocycles. The summed E-state index contributed by atoms with van der Waals surface area (Å²) in [4.78, 5) is 11.0. The zero-order chi connectivity index (χ0) is 15.2. The molecule has 0 heterocycles. The number of rotatable bonds is 13. The van der Waals surface area contributed by atoms with Crippen LogP contribution in [0.4, 0.5) is 0 Å². The standard InChI is InChI=1S/C15H28O5/c1-5-6-14(4)19-11-9-17-7-8-18-10-12-20-15(16)13(2)3/h14H,2,5-12H2,1,3-4H3. The molecule has 0 aromatic rings. The van der Waals surface area contributed by atoms with E-state index in [4.69, 9.17) is 18.9 Å². The van der Waals surface area contributed by atoms with Crippen LogP contribution in [0.25, 0.3) is 0 Å². The number of carbonyl (C=O) groups excluding carboxylic acids is 1. The van der Waals surface area contributed by atoms with Crippen molar-refractivity contribution in [2.24, 2.45) is 0 Å². The Hall–Kier alpha value is -0.910. The van der Waals surface area contributed by atoms with Gasteiger partial charge >= 0.3 is 5.97 Å². The quantitative estimate of drug-likeness (QED) is 0.296. The zero-order valence-electron chi connectivity index (χ0n) is 13.0. The van der Waals surface area contributed by atoms with E-state index in [1.165, 1.54) is 0 Å². The van der Waals surface area contributed by atoms with E-state index in [1.54, 1.807) is 6.92 Å². The Kier molecular flexibility index (Phi) is 12.5. The van der Waals surface area contributed by atoms with Crippen LogP contribution >= 0.6 is 0 Å². The van der Waals surface area contributed by atoms with E-state index in [0.717, 1.165) is 12.8 Å². The summed E-state index contributed by atoms with van der Waals surface area (Å²) < 4.78 is 21.0. The molecule has 0 aromatic heterocycles. The van der Waals surface area contributed by atoms with Gasteiger partial charge in [0, 0.05) is 5.57 Å². The van der Waals surface area contributed by atoms with Crippen LogP contribution in [-0.4, -0.2) is 51.7 Å². The number of hydrogen-bond donors (Lipinski definition) is 0. The first kappa shape index (κ1) is 19.1. The van der Waals surface area contributed by atoms with Gasteiger partial charge < -0.3 is 18.9 Å². The molecule has 0 fully saturated rings. The highest BCUT2D eigenvalue weighted by Gasteiger charge is 2.02. The third-order valence-electron chi connectivity index (χ3n) is 2.51. The van der Waals surface area contributed by atoms with E-state index in [-0.39, 0.29) is 12.6 Å². The maximum Gasteiger partial charge on any atom is 0.333 e. The van der Waals surface area contributed by atoms with Gasteiger partial charge in [-0.3, -0.25) is 0 Å². The predicted molar refractivity (Wildman–Crippen MR) is 77.7 cm³/mol. The molecule has 0 aliphatic rings. The van der Waals surface area contributed by atoms with Gasteiger partial charge in [-0.05, 0) is 20.3 Å². The molecule has 0 saturated heterocycles. The second-order valence-corrected chi connectivity index (χ2v) is 4.61. The summed E-state index contributed by atoms with van der Waals surface area (Å²) in [5.41, 5.74) is 0.394. The molecule has 0 amide bonds. The number of ether oxygens (including phenoxy) is 4. The second kappa shape index (κ2) is 13.1. The summed E-state index contributed by atoms with van der Waals surface area (Å²) in [6.07, 6.45) is 2.50. The van der Waals surface area contributed by atoms with Gasteiger partial charge in [-0.2, -0.15) is 0 Å². The van der Waals surface area contributed by atoms with Crippen LogP contribution in [-0.2, 0) is 23.7 Å². The Bertz CT molecular complexity index is 265. The molecule has 0 radical (unpaired) electrons. The topological polar surface area (TPSA) is 54.0 Å². The van der Waals surface area contributed by atoms with E-state index in [1.807, 2.05) is 0 Å². The lowest BCUT2D eigenvalue weighted by Crippen LogP contribution is -2.15. The van der Waals surface area contributed by atoms with Crippen molar-refractivity contribution >= 4 is 5.97 Å². The average Bonchev–Trinajstić information content (AvgIpc) is 2.40. The first-order valence-electron chi connectivity index (χ1n) is 7.17. The third kappa shape index (κ3) is 12.1. The molecular weight excluding hydrogens is 260 g/mol. The van der Waals surface area contributed by atoms with Gasteiger partial charge in [-0.25, -0.2) is 4.79 Å². The van der Waals surface area contributed by atoms with Crippen LogP contribution in [0.15, 0.2) is 12.2 Å². The highest BCUT2D eigenvalue weighted by Crippen LogP contribution is 1.99. The van der Waals surface area contributed by atoms with Gasteiger partial charge in [-0.15, -0.1) is 0 Å². The fourth-order valence-electron chi connectivity index (χ4n) is 1.44. The fraction of sp³-hybridized carbons (Fsp3) is 0.800. The number of carbonyl (C=O) groups is 1. The first-order valence-corrected chi connectivity index (χ1v) is 7.17. The Morgan fingerprint density at radius 2 is 1.60 bits per heavy atom. The molecule has 1 unspecified atom stereocenters. The minimum absolute atomic E-state index is 0.239. The van der Waals surface area contributed by atoms with Crippen LogP contribution in [0.5, 0.6) is 0 Å². The summed E-state index contributed by atoms with van der Waals surface area (Å²) >= 11 is 0. The normalized spacial score (nSPS) is 12.2. The lowest BCUT2D eigenvalue weighted by Gasteiger charge is -2.12. The van der Waals surface area contributed by atoms with Gasteiger partial charge in [0.15, 0.2) is 0 Å². The fourth-order valence-corrected chi connectivity index (χ4v) is 1.44. The van der Waals surface area contributed by atoms with Crippen molar-refractivity contribution < 1.29 is 23.7 Å². The molecule has 0 rings (SSSR count). The van der Waals surface area contributed by atoms with E-state index in [0.29, 0.717) is 44.7 Å². The molecule has 1 atom stereocenters. The molecule has 5 nitrogen and oxygen atoms in total. The van der Waals surface area contributed by atoms with Crippen LogP contribution in [0, 0.1) is 0 Å². The molecule has 0 aliphatic heterocycles. The minimum Gasteiger partial charge on any atom is -0.460 e. The van der Waals surface area contributed by atoms with Crippen molar-refractivity contribution in [3.63, 3.8) is 0 Å². The van der Waals surface area contributed by atoms with E-state index in [9.17, 15) is 4.79 Å². The van der Waals surface area contributed by atoms with Gasteiger partial charge in [0.05, 0.1) is 39.1 Å². The Labute approximate surface area is 122 Å². The summed E-state index contributed by atoms with van der Waals surface area (Å²) in [5.74, 6) is -0.386. The van der Waals surface area contributed by atoms with Crippen molar-refractivity contribution in [3.05, 3.63) is 12.2 Å². The van der Waals surface area contributed by atoms with Crippen LogP contribution in [0.3, 0.4) is 0 Å². The van der Waals surface area contributed by atoms with Gasteiger partial charge in [0.25, 0.3) is 0 Å². The number of esters is 1. The van der Waals surface area contributed by atoms with Crippen molar-refractivity contribution in [3.8, 4) is 0 Å². The van der Waals surface area contributed by atoms with E-state index < -0.39 is 0 Å². The molecule has 0 spiro atoms. The third-order valence-corrected chi connectivity index (χ3v) is 2.51. The predicted octanol–water partition coefficient (Wildman–Crippen LogP) is 2.34. The molecular formula is C15H28O5. The SMILES string of the molecule is C=C(C)C(=O)OCCOCCOCCOC(C)CCC. The van der Waals surface area contributed by atoms with Gasteiger partial charge in [-0.1, -0.05) is 19.9 Å². The maximum atomic E-state index is 11.0. The smallest absolute Gasteiger partial charge is 0.333 e. The highest BCUT2D eigenvalue weighted by atomic mass is 16.6. The van der Waals surface area contributed by atoms with Crippen LogP contribution in [0.2, 0.25) is 0 Å². The summed E-state index contributed by atoms with van der Waals surface area (Å²) in [6.45, 7) is 12.1. The molecule has 5 heteroatoms. The molecule has 0 N–H and O–H groups in total. The summed E-state index contributed by atoms with van der Waals surface area (Å²) in [6, 6.07) is 0.